The monoisotopic (exact) mass is 254 g/mol. The molecule has 4 nitrogen and oxygen atoms in total. The molecule has 18 heavy (non-hydrogen) atoms. The Morgan fingerprint density at radius 1 is 1.22 bits per heavy atom. The standard InChI is InChI=1S/C14H26N2O2/c1-14(2,3)15-12-13-6-5-7-16(13)8-9-18-11-10-17-4/h5-7,15H,8-12H2,1-4H3. The molecule has 1 rings (SSSR count). The summed E-state index contributed by atoms with van der Waals surface area (Å²) in [6, 6.07) is 4.22. The minimum absolute atomic E-state index is 0.143. The van der Waals surface area contributed by atoms with Crippen molar-refractivity contribution in [1.82, 2.24) is 9.88 Å². The van der Waals surface area contributed by atoms with Gasteiger partial charge in [0.1, 0.15) is 0 Å². The van der Waals surface area contributed by atoms with Gasteiger partial charge in [0, 0.05) is 37.6 Å². The van der Waals surface area contributed by atoms with Crippen molar-refractivity contribution in [1.29, 1.82) is 0 Å². The van der Waals surface area contributed by atoms with Crippen LogP contribution in [0.3, 0.4) is 0 Å². The van der Waals surface area contributed by atoms with Gasteiger partial charge >= 0.3 is 0 Å². The molecule has 104 valence electrons. The molecule has 1 aromatic heterocycles. The van der Waals surface area contributed by atoms with Crippen molar-refractivity contribution in [3.63, 3.8) is 0 Å². The van der Waals surface area contributed by atoms with E-state index in [0.717, 1.165) is 19.7 Å². The summed E-state index contributed by atoms with van der Waals surface area (Å²) in [7, 11) is 1.69. The van der Waals surface area contributed by atoms with Gasteiger partial charge in [-0.15, -0.1) is 0 Å². The second kappa shape index (κ2) is 7.56. The van der Waals surface area contributed by atoms with Crippen LogP contribution in [0, 0.1) is 0 Å². The Labute approximate surface area is 110 Å². The summed E-state index contributed by atoms with van der Waals surface area (Å²) in [5.41, 5.74) is 1.43. The van der Waals surface area contributed by atoms with Crippen LogP contribution in [0.2, 0.25) is 0 Å². The van der Waals surface area contributed by atoms with Gasteiger partial charge in [-0.25, -0.2) is 0 Å². The Hall–Kier alpha value is -0.840. The molecule has 0 radical (unpaired) electrons. The van der Waals surface area contributed by atoms with E-state index in [-0.39, 0.29) is 5.54 Å². The van der Waals surface area contributed by atoms with Crippen LogP contribution >= 0.6 is 0 Å². The normalized spacial score (nSPS) is 12.0. The zero-order chi connectivity index (χ0) is 13.4. The summed E-state index contributed by atoms with van der Waals surface area (Å²) in [5.74, 6) is 0. The molecule has 0 amide bonds. The van der Waals surface area contributed by atoms with Crippen LogP contribution in [0.25, 0.3) is 0 Å². The molecule has 0 unspecified atom stereocenters. The Bertz CT molecular complexity index is 329. The first-order valence-corrected chi connectivity index (χ1v) is 6.48. The predicted molar refractivity (Wildman–Crippen MR) is 73.7 cm³/mol. The van der Waals surface area contributed by atoms with Gasteiger partial charge in [0.15, 0.2) is 0 Å². The number of ether oxygens (including phenoxy) is 2. The van der Waals surface area contributed by atoms with E-state index in [2.05, 4.69) is 49.0 Å². The number of hydrogen-bond acceptors (Lipinski definition) is 3. The highest BCUT2D eigenvalue weighted by atomic mass is 16.5. The fourth-order valence-corrected chi connectivity index (χ4v) is 1.59. The first-order chi connectivity index (χ1) is 8.53. The molecule has 0 saturated carbocycles. The highest BCUT2D eigenvalue weighted by Gasteiger charge is 2.09. The van der Waals surface area contributed by atoms with Crippen LogP contribution in [0.1, 0.15) is 26.5 Å². The average molecular weight is 254 g/mol. The van der Waals surface area contributed by atoms with Crippen molar-refractivity contribution in [2.24, 2.45) is 0 Å². The minimum atomic E-state index is 0.143. The third-order valence-corrected chi connectivity index (χ3v) is 2.63. The fraction of sp³-hybridized carbons (Fsp3) is 0.714. The van der Waals surface area contributed by atoms with E-state index in [1.165, 1.54) is 5.69 Å². The lowest BCUT2D eigenvalue weighted by Gasteiger charge is -2.21. The highest BCUT2D eigenvalue weighted by Crippen LogP contribution is 2.06. The fourth-order valence-electron chi connectivity index (χ4n) is 1.59. The van der Waals surface area contributed by atoms with Crippen molar-refractivity contribution in [2.75, 3.05) is 26.9 Å². The quantitative estimate of drug-likeness (QED) is 0.721. The van der Waals surface area contributed by atoms with Gasteiger partial charge in [-0.05, 0) is 32.9 Å². The van der Waals surface area contributed by atoms with E-state index in [4.69, 9.17) is 9.47 Å². The molecular weight excluding hydrogens is 228 g/mol. The molecule has 0 aliphatic heterocycles. The minimum Gasteiger partial charge on any atom is -0.382 e. The van der Waals surface area contributed by atoms with Crippen LogP contribution in [-0.4, -0.2) is 37.0 Å². The van der Waals surface area contributed by atoms with Gasteiger partial charge in [-0.3, -0.25) is 0 Å². The third-order valence-electron chi connectivity index (χ3n) is 2.63. The Balaban J connectivity index is 2.31. The predicted octanol–water partition coefficient (Wildman–Crippen LogP) is 2.04. The number of rotatable bonds is 8. The SMILES string of the molecule is COCCOCCn1cccc1CNC(C)(C)C. The first-order valence-electron chi connectivity index (χ1n) is 6.48. The van der Waals surface area contributed by atoms with Crippen LogP contribution in [-0.2, 0) is 22.6 Å². The molecule has 0 aliphatic rings. The second-order valence-corrected chi connectivity index (χ2v) is 5.40. The summed E-state index contributed by atoms with van der Waals surface area (Å²) >= 11 is 0. The number of hydrogen-bond donors (Lipinski definition) is 1. The number of nitrogens with one attached hydrogen (secondary N) is 1. The largest absolute Gasteiger partial charge is 0.382 e. The van der Waals surface area contributed by atoms with E-state index >= 15 is 0 Å². The van der Waals surface area contributed by atoms with E-state index in [1.807, 2.05) is 0 Å². The Morgan fingerprint density at radius 2 is 2.00 bits per heavy atom. The van der Waals surface area contributed by atoms with E-state index < -0.39 is 0 Å². The summed E-state index contributed by atoms with van der Waals surface area (Å²) in [6.07, 6.45) is 2.10. The van der Waals surface area contributed by atoms with Crippen LogP contribution in [0.15, 0.2) is 18.3 Å². The summed E-state index contributed by atoms with van der Waals surface area (Å²) < 4.78 is 12.6. The lowest BCUT2D eigenvalue weighted by molar-refractivity contribution is 0.0663. The van der Waals surface area contributed by atoms with Gasteiger partial charge in [0.2, 0.25) is 0 Å². The number of aromatic nitrogens is 1. The van der Waals surface area contributed by atoms with E-state index in [1.54, 1.807) is 7.11 Å². The molecule has 0 fully saturated rings. The lowest BCUT2D eigenvalue weighted by atomic mass is 10.1. The van der Waals surface area contributed by atoms with Crippen molar-refractivity contribution in [3.05, 3.63) is 24.0 Å². The third kappa shape index (κ3) is 6.19. The van der Waals surface area contributed by atoms with Crippen LogP contribution in [0.5, 0.6) is 0 Å². The number of methoxy groups -OCH3 is 1. The molecule has 0 aromatic carbocycles. The Kier molecular flexibility index (Phi) is 6.39. The van der Waals surface area contributed by atoms with Crippen LogP contribution < -0.4 is 5.32 Å². The molecular formula is C14H26N2O2. The molecule has 0 saturated heterocycles. The van der Waals surface area contributed by atoms with Gasteiger partial charge in [-0.1, -0.05) is 0 Å². The molecule has 1 N–H and O–H groups in total. The molecule has 0 aliphatic carbocycles. The second-order valence-electron chi connectivity index (χ2n) is 5.40. The zero-order valence-electron chi connectivity index (χ0n) is 12.0. The Morgan fingerprint density at radius 3 is 2.67 bits per heavy atom. The topological polar surface area (TPSA) is 35.4 Å². The zero-order valence-corrected chi connectivity index (χ0v) is 12.0. The van der Waals surface area contributed by atoms with Gasteiger partial charge in [0.25, 0.3) is 0 Å². The summed E-state index contributed by atoms with van der Waals surface area (Å²) in [4.78, 5) is 0. The first kappa shape index (κ1) is 15.2. The maximum atomic E-state index is 5.48. The molecule has 0 bridgehead atoms. The summed E-state index contributed by atoms with van der Waals surface area (Å²) in [5, 5.41) is 3.49. The van der Waals surface area contributed by atoms with E-state index in [0.29, 0.717) is 13.2 Å². The maximum absolute atomic E-state index is 5.48. The molecule has 1 heterocycles. The van der Waals surface area contributed by atoms with Gasteiger partial charge in [0.05, 0.1) is 19.8 Å². The van der Waals surface area contributed by atoms with Gasteiger partial charge in [-0.2, -0.15) is 0 Å². The molecule has 0 atom stereocenters. The maximum Gasteiger partial charge on any atom is 0.0701 e. The average Bonchev–Trinajstić information content (AvgIpc) is 2.73. The summed E-state index contributed by atoms with van der Waals surface area (Å²) in [6.45, 7) is 10.3. The smallest absolute Gasteiger partial charge is 0.0701 e. The lowest BCUT2D eigenvalue weighted by Crippen LogP contribution is -2.35. The van der Waals surface area contributed by atoms with Crippen molar-refractivity contribution < 1.29 is 9.47 Å². The van der Waals surface area contributed by atoms with Crippen molar-refractivity contribution >= 4 is 0 Å². The highest BCUT2D eigenvalue weighted by molar-refractivity contribution is 5.07. The number of nitrogens with zero attached hydrogens (tertiary/aromatic N) is 1. The van der Waals surface area contributed by atoms with Crippen molar-refractivity contribution in [2.45, 2.75) is 39.4 Å². The molecule has 4 heteroatoms. The van der Waals surface area contributed by atoms with Crippen molar-refractivity contribution in [3.8, 4) is 0 Å². The van der Waals surface area contributed by atoms with Gasteiger partial charge < -0.3 is 19.4 Å². The van der Waals surface area contributed by atoms with E-state index in [9.17, 15) is 0 Å². The molecule has 0 spiro atoms. The van der Waals surface area contributed by atoms with Crippen LogP contribution in [0.4, 0.5) is 0 Å². The molecule has 1 aromatic rings.